The van der Waals surface area contributed by atoms with Crippen LogP contribution in [0.25, 0.3) is 11.2 Å². The van der Waals surface area contributed by atoms with E-state index in [1.807, 2.05) is 29.8 Å². The Morgan fingerprint density at radius 1 is 1.00 bits per heavy atom. The molecule has 1 aliphatic heterocycles. The lowest BCUT2D eigenvalue weighted by molar-refractivity contribution is 0.118. The van der Waals surface area contributed by atoms with Crippen molar-refractivity contribution in [3.8, 4) is 0 Å². The third-order valence-electron chi connectivity index (χ3n) is 5.96. The van der Waals surface area contributed by atoms with Crippen molar-refractivity contribution in [2.75, 3.05) is 26.2 Å². The molecule has 0 unspecified atom stereocenters. The van der Waals surface area contributed by atoms with Gasteiger partial charge in [0.05, 0.1) is 12.2 Å². The highest BCUT2D eigenvalue weighted by atomic mass is 16.2. The summed E-state index contributed by atoms with van der Waals surface area (Å²) in [4.78, 5) is 41.4. The summed E-state index contributed by atoms with van der Waals surface area (Å²) in [5, 5.41) is 0. The van der Waals surface area contributed by atoms with Crippen LogP contribution in [0, 0.1) is 0 Å². The van der Waals surface area contributed by atoms with E-state index in [4.69, 9.17) is 4.98 Å². The van der Waals surface area contributed by atoms with Crippen LogP contribution < -0.4 is 11.2 Å². The Labute approximate surface area is 181 Å². The van der Waals surface area contributed by atoms with E-state index in [-0.39, 0.29) is 11.2 Å². The molecule has 0 saturated carbocycles. The van der Waals surface area contributed by atoms with Crippen molar-refractivity contribution in [3.05, 3.63) is 56.8 Å². The molecule has 4 heterocycles. The molecule has 1 aliphatic rings. The zero-order valence-electron chi connectivity index (χ0n) is 18.4. The molecule has 0 spiro atoms. The zero-order chi connectivity index (χ0) is 21.8. The van der Waals surface area contributed by atoms with Crippen LogP contribution in [-0.2, 0) is 26.2 Å². The maximum Gasteiger partial charge on any atom is 0.330 e. The Morgan fingerprint density at radius 2 is 1.74 bits per heavy atom. The number of aromatic amines is 1. The molecule has 0 radical (unpaired) electrons. The van der Waals surface area contributed by atoms with Crippen LogP contribution in [0.4, 0.5) is 0 Å². The molecule has 4 rings (SSSR count). The van der Waals surface area contributed by atoms with Gasteiger partial charge in [0, 0.05) is 52.0 Å². The number of H-pyrrole nitrogens is 1. The molecule has 31 heavy (non-hydrogen) atoms. The summed E-state index contributed by atoms with van der Waals surface area (Å²) in [6, 6.07) is 6.02. The third kappa shape index (κ3) is 4.62. The maximum absolute atomic E-state index is 12.6. The topological polar surface area (TPSA) is 92.0 Å². The molecule has 0 amide bonds. The first-order chi connectivity index (χ1) is 15.1. The van der Waals surface area contributed by atoms with E-state index in [0.717, 1.165) is 57.1 Å². The molecule has 1 saturated heterocycles. The lowest BCUT2D eigenvalue weighted by atomic mass is 10.2. The number of nitrogens with zero attached hydrogens (tertiary/aromatic N) is 6. The van der Waals surface area contributed by atoms with Crippen molar-refractivity contribution < 1.29 is 0 Å². The van der Waals surface area contributed by atoms with Crippen molar-refractivity contribution in [1.82, 2.24) is 33.9 Å². The summed E-state index contributed by atoms with van der Waals surface area (Å²) in [6.45, 7) is 10.6. The summed E-state index contributed by atoms with van der Waals surface area (Å²) < 4.78 is 3.57. The summed E-state index contributed by atoms with van der Waals surface area (Å²) in [7, 11) is 0. The van der Waals surface area contributed by atoms with Crippen molar-refractivity contribution in [3.63, 3.8) is 0 Å². The van der Waals surface area contributed by atoms with Gasteiger partial charge in [-0.25, -0.2) is 9.78 Å². The predicted molar refractivity (Wildman–Crippen MR) is 120 cm³/mol. The maximum atomic E-state index is 12.6. The number of aryl methyl sites for hydroxylation is 2. The van der Waals surface area contributed by atoms with Gasteiger partial charge in [-0.1, -0.05) is 19.4 Å². The molecule has 0 aliphatic carbocycles. The second-order valence-electron chi connectivity index (χ2n) is 8.08. The number of imidazole rings is 1. The molecule has 0 bridgehead atoms. The standard InChI is InChI=1S/C22H31N7O2/c1-3-5-10-29-20-19(21(30)25-22(29)31)28(4-2)18(24-20)16-27-13-11-26(12-14-27)15-17-8-6-7-9-23-17/h6-9H,3-5,10-16H2,1-2H3,(H,25,30,31). The fourth-order valence-electron chi connectivity index (χ4n) is 4.23. The van der Waals surface area contributed by atoms with Gasteiger partial charge in [-0.05, 0) is 25.5 Å². The summed E-state index contributed by atoms with van der Waals surface area (Å²) in [6.07, 6.45) is 3.67. The van der Waals surface area contributed by atoms with Gasteiger partial charge in [0.15, 0.2) is 11.2 Å². The van der Waals surface area contributed by atoms with E-state index >= 15 is 0 Å². The van der Waals surface area contributed by atoms with Gasteiger partial charge in [0.1, 0.15) is 5.82 Å². The molecule has 1 N–H and O–H groups in total. The van der Waals surface area contributed by atoms with Crippen LogP contribution in [0.5, 0.6) is 0 Å². The highest BCUT2D eigenvalue weighted by Gasteiger charge is 2.22. The van der Waals surface area contributed by atoms with Gasteiger partial charge in [0.2, 0.25) is 0 Å². The van der Waals surface area contributed by atoms with E-state index in [1.165, 1.54) is 0 Å². The number of aromatic nitrogens is 5. The number of piperazine rings is 1. The average Bonchev–Trinajstić information content (AvgIpc) is 3.14. The largest absolute Gasteiger partial charge is 0.330 e. The monoisotopic (exact) mass is 425 g/mol. The van der Waals surface area contributed by atoms with Crippen LogP contribution in [0.15, 0.2) is 34.0 Å². The predicted octanol–water partition coefficient (Wildman–Crippen LogP) is 1.42. The summed E-state index contributed by atoms with van der Waals surface area (Å²) in [5.41, 5.74) is 1.37. The number of pyridine rings is 1. The Hall–Kier alpha value is -2.78. The first-order valence-electron chi connectivity index (χ1n) is 11.2. The van der Waals surface area contributed by atoms with E-state index in [9.17, 15) is 9.59 Å². The van der Waals surface area contributed by atoms with E-state index in [0.29, 0.717) is 30.8 Å². The van der Waals surface area contributed by atoms with E-state index < -0.39 is 0 Å². The van der Waals surface area contributed by atoms with Gasteiger partial charge < -0.3 is 4.57 Å². The molecule has 166 valence electrons. The molecular weight excluding hydrogens is 394 g/mol. The van der Waals surface area contributed by atoms with Crippen molar-refractivity contribution >= 4 is 11.2 Å². The van der Waals surface area contributed by atoms with Gasteiger partial charge >= 0.3 is 5.69 Å². The Bertz CT molecular complexity index is 1120. The molecule has 0 aromatic carbocycles. The van der Waals surface area contributed by atoms with Gasteiger partial charge in [-0.2, -0.15) is 0 Å². The van der Waals surface area contributed by atoms with Crippen molar-refractivity contribution in [1.29, 1.82) is 0 Å². The van der Waals surface area contributed by atoms with Crippen molar-refractivity contribution in [2.45, 2.75) is 52.9 Å². The van der Waals surface area contributed by atoms with Crippen LogP contribution in [0.1, 0.15) is 38.2 Å². The van der Waals surface area contributed by atoms with Gasteiger partial charge in [0.25, 0.3) is 5.56 Å². The minimum absolute atomic E-state index is 0.353. The van der Waals surface area contributed by atoms with Crippen LogP contribution in [0.2, 0.25) is 0 Å². The number of unbranched alkanes of at least 4 members (excludes halogenated alkanes) is 1. The van der Waals surface area contributed by atoms with E-state index in [2.05, 4.69) is 32.8 Å². The number of hydrogen-bond donors (Lipinski definition) is 1. The normalized spacial score (nSPS) is 15.7. The summed E-state index contributed by atoms with van der Waals surface area (Å²) in [5.74, 6) is 0.844. The minimum atomic E-state index is -0.374. The Balaban J connectivity index is 1.51. The second kappa shape index (κ2) is 9.57. The molecule has 3 aromatic rings. The van der Waals surface area contributed by atoms with Crippen molar-refractivity contribution in [2.24, 2.45) is 0 Å². The number of nitrogens with one attached hydrogen (secondary N) is 1. The SMILES string of the molecule is CCCCn1c(=O)[nH]c(=O)c2c1nc(CN1CCN(Cc3ccccn3)CC1)n2CC. The first kappa shape index (κ1) is 21.5. The molecule has 0 atom stereocenters. The van der Waals surface area contributed by atoms with Crippen LogP contribution in [-0.4, -0.2) is 60.1 Å². The van der Waals surface area contributed by atoms with Gasteiger partial charge in [-0.3, -0.25) is 29.1 Å². The number of rotatable bonds is 8. The third-order valence-corrected chi connectivity index (χ3v) is 5.96. The second-order valence-corrected chi connectivity index (χ2v) is 8.08. The highest BCUT2D eigenvalue weighted by molar-refractivity contribution is 5.71. The van der Waals surface area contributed by atoms with E-state index in [1.54, 1.807) is 4.57 Å². The average molecular weight is 426 g/mol. The fourth-order valence-corrected chi connectivity index (χ4v) is 4.23. The number of hydrogen-bond acceptors (Lipinski definition) is 6. The quantitative estimate of drug-likeness (QED) is 0.587. The Morgan fingerprint density at radius 3 is 2.39 bits per heavy atom. The highest BCUT2D eigenvalue weighted by Crippen LogP contribution is 2.15. The smallest absolute Gasteiger partial charge is 0.321 e. The van der Waals surface area contributed by atoms with Gasteiger partial charge in [-0.15, -0.1) is 0 Å². The zero-order valence-corrected chi connectivity index (χ0v) is 18.4. The fraction of sp³-hybridized carbons (Fsp3) is 0.545. The molecule has 1 fully saturated rings. The lowest BCUT2D eigenvalue weighted by Gasteiger charge is -2.34. The molecular formula is C22H31N7O2. The molecule has 3 aromatic heterocycles. The molecule has 9 heteroatoms. The lowest BCUT2D eigenvalue weighted by Crippen LogP contribution is -2.45. The number of fused-ring (bicyclic) bond motifs is 1. The van der Waals surface area contributed by atoms with Crippen LogP contribution >= 0.6 is 0 Å². The van der Waals surface area contributed by atoms with Crippen LogP contribution in [0.3, 0.4) is 0 Å². The molecule has 9 nitrogen and oxygen atoms in total. The minimum Gasteiger partial charge on any atom is -0.321 e. The summed E-state index contributed by atoms with van der Waals surface area (Å²) >= 11 is 0. The Kier molecular flexibility index (Phi) is 6.62. The first-order valence-corrected chi connectivity index (χ1v) is 11.2.